The largest absolute Gasteiger partial charge is 0.250 e. The van der Waals surface area contributed by atoms with Crippen molar-refractivity contribution in [2.75, 3.05) is 6.26 Å². The molecule has 4 nitrogen and oxygen atoms in total. The predicted octanol–water partition coefficient (Wildman–Crippen LogP) is 5.27. The van der Waals surface area contributed by atoms with Gasteiger partial charge in [-0.25, -0.2) is 15.0 Å². The van der Waals surface area contributed by atoms with Gasteiger partial charge in [-0.2, -0.15) is 4.55 Å². The van der Waals surface area contributed by atoms with E-state index in [9.17, 15) is 4.55 Å². The molecule has 0 aliphatic rings. The van der Waals surface area contributed by atoms with Crippen LogP contribution in [0, 0.1) is 0 Å². The summed E-state index contributed by atoms with van der Waals surface area (Å²) in [6, 6.07) is 6.86. The summed E-state index contributed by atoms with van der Waals surface area (Å²) in [4.78, 5) is 12.9. The van der Waals surface area contributed by atoms with Gasteiger partial charge in [0.05, 0.1) is 0 Å². The molecule has 1 aromatic heterocycles. The van der Waals surface area contributed by atoms with Crippen LogP contribution in [0.1, 0.15) is 11.6 Å². The van der Waals surface area contributed by atoms with Crippen molar-refractivity contribution in [3.05, 3.63) is 35.9 Å². The summed E-state index contributed by atoms with van der Waals surface area (Å²) >= 11 is 34.1. The minimum absolute atomic E-state index is 0.157. The third-order valence-electron chi connectivity index (χ3n) is 2.60. The average molecular weight is 455 g/mol. The summed E-state index contributed by atoms with van der Waals surface area (Å²) in [5.74, 6) is -0.131. The molecule has 11 heteroatoms. The third kappa shape index (κ3) is 5.13. The van der Waals surface area contributed by atoms with Crippen molar-refractivity contribution in [2.45, 2.75) is 12.5 Å². The van der Waals surface area contributed by atoms with Crippen LogP contribution in [0.2, 0.25) is 0 Å². The van der Waals surface area contributed by atoms with Crippen molar-refractivity contribution >= 4 is 80.8 Å². The number of nitrogens with zero attached hydrogens (tertiary/aromatic N) is 3. The number of rotatable bonds is 2. The van der Waals surface area contributed by atoms with E-state index in [4.69, 9.17) is 69.6 Å². The molecule has 2 rings (SSSR count). The molecule has 1 N–H and O–H groups in total. The van der Waals surface area contributed by atoms with E-state index >= 15 is 0 Å². The van der Waals surface area contributed by atoms with Gasteiger partial charge in [-0.05, 0) is 24.3 Å². The number of halogens is 6. The molecule has 0 radical (unpaired) electrons. The van der Waals surface area contributed by atoms with Gasteiger partial charge in [0.25, 0.3) is 0 Å². The van der Waals surface area contributed by atoms with E-state index in [0.29, 0.717) is 5.56 Å². The Hall–Kier alpha value is 0.280. The highest BCUT2D eigenvalue weighted by atomic mass is 35.6. The highest BCUT2D eigenvalue weighted by molar-refractivity contribution is 7.90. The van der Waals surface area contributed by atoms with E-state index in [0.717, 1.165) is 4.90 Å². The quantitative estimate of drug-likeness (QED) is 0.496. The number of hydrogen-bond donors (Lipinski definition) is 1. The Morgan fingerprint density at radius 1 is 0.826 bits per heavy atom. The standard InChI is InChI=1S/C12H8Cl6N3OS/c1-23(22)7-4-2-6(3-5-7)8-19-9(11(13,14)15)21-10(20-8)12(16,17)18/h2-5,22H,1H3/q+1. The smallest absolute Gasteiger partial charge is 0.209 e. The summed E-state index contributed by atoms with van der Waals surface area (Å²) in [6.07, 6.45) is 1.68. The zero-order valence-corrected chi connectivity index (χ0v) is 16.6. The summed E-state index contributed by atoms with van der Waals surface area (Å²) in [6.45, 7) is 0. The lowest BCUT2D eigenvalue weighted by molar-refractivity contribution is 0.645. The lowest BCUT2D eigenvalue weighted by Gasteiger charge is -2.15. The molecule has 124 valence electrons. The number of alkyl halides is 6. The number of hydrogen-bond acceptors (Lipinski definition) is 4. The molecule has 0 spiro atoms. The highest BCUT2D eigenvalue weighted by Crippen LogP contribution is 2.40. The van der Waals surface area contributed by atoms with E-state index in [1.54, 1.807) is 30.5 Å². The van der Waals surface area contributed by atoms with Crippen LogP contribution in [0.3, 0.4) is 0 Å². The number of aromatic nitrogens is 3. The van der Waals surface area contributed by atoms with Crippen LogP contribution >= 0.6 is 69.6 Å². The Balaban J connectivity index is 2.57. The molecule has 1 atom stereocenters. The molecule has 0 aliphatic carbocycles. The second-order valence-electron chi connectivity index (χ2n) is 4.30. The van der Waals surface area contributed by atoms with Gasteiger partial charge in [-0.1, -0.05) is 69.6 Å². The lowest BCUT2D eigenvalue weighted by atomic mass is 10.2. The first kappa shape index (κ1) is 19.6. The lowest BCUT2D eigenvalue weighted by Crippen LogP contribution is -2.16. The van der Waals surface area contributed by atoms with E-state index in [2.05, 4.69) is 15.0 Å². The van der Waals surface area contributed by atoms with Crippen LogP contribution in [0.5, 0.6) is 0 Å². The molecule has 1 heterocycles. The molecular formula is C12H8Cl6N3OS+. The van der Waals surface area contributed by atoms with Gasteiger partial charge in [0.1, 0.15) is 6.26 Å². The molecule has 23 heavy (non-hydrogen) atoms. The van der Waals surface area contributed by atoms with Crippen LogP contribution in [-0.2, 0) is 18.8 Å². The van der Waals surface area contributed by atoms with Crippen molar-refractivity contribution in [1.82, 2.24) is 15.0 Å². The van der Waals surface area contributed by atoms with Crippen LogP contribution in [-0.4, -0.2) is 25.8 Å². The zero-order valence-electron chi connectivity index (χ0n) is 11.3. The maximum Gasteiger partial charge on any atom is 0.250 e. The summed E-state index contributed by atoms with van der Waals surface area (Å²) in [7, 11) is 0. The first-order chi connectivity index (χ1) is 10.5. The van der Waals surface area contributed by atoms with Gasteiger partial charge in [-0.3, -0.25) is 0 Å². The van der Waals surface area contributed by atoms with Crippen molar-refractivity contribution in [1.29, 1.82) is 0 Å². The minimum atomic E-state index is -1.90. The third-order valence-corrected chi connectivity index (χ3v) is 4.56. The first-order valence-corrected chi connectivity index (χ1v) is 9.70. The van der Waals surface area contributed by atoms with Crippen LogP contribution < -0.4 is 0 Å². The monoisotopic (exact) mass is 452 g/mol. The van der Waals surface area contributed by atoms with E-state index in [1.165, 1.54) is 0 Å². The highest BCUT2D eigenvalue weighted by Gasteiger charge is 2.34. The van der Waals surface area contributed by atoms with Crippen molar-refractivity contribution in [3.8, 4) is 11.4 Å². The van der Waals surface area contributed by atoms with Crippen LogP contribution in [0.4, 0.5) is 0 Å². The van der Waals surface area contributed by atoms with Gasteiger partial charge >= 0.3 is 0 Å². The molecule has 0 bridgehead atoms. The normalized spacial score (nSPS) is 13.9. The summed E-state index contributed by atoms with van der Waals surface area (Å²) < 4.78 is 5.77. The molecule has 1 aromatic carbocycles. The van der Waals surface area contributed by atoms with E-state index in [-0.39, 0.29) is 17.5 Å². The maximum atomic E-state index is 9.57. The van der Waals surface area contributed by atoms with Crippen molar-refractivity contribution < 1.29 is 4.55 Å². The SMILES string of the molecule is C[S+](O)c1ccc(-c2nc(C(Cl)(Cl)Cl)nc(C(Cl)(Cl)Cl)n2)cc1. The second-order valence-corrected chi connectivity index (χ2v) is 10.3. The molecule has 0 aliphatic heterocycles. The van der Waals surface area contributed by atoms with Gasteiger partial charge < -0.3 is 0 Å². The van der Waals surface area contributed by atoms with Gasteiger partial charge in [0.2, 0.25) is 7.59 Å². The molecule has 1 unspecified atom stereocenters. The van der Waals surface area contributed by atoms with Gasteiger partial charge in [-0.15, -0.1) is 0 Å². The topological polar surface area (TPSA) is 58.9 Å². The summed E-state index contributed by atoms with van der Waals surface area (Å²) in [5, 5.41) is 0. The van der Waals surface area contributed by atoms with Crippen molar-refractivity contribution in [3.63, 3.8) is 0 Å². The average Bonchev–Trinajstić information content (AvgIpc) is 2.45. The van der Waals surface area contributed by atoms with E-state index < -0.39 is 18.8 Å². The fourth-order valence-electron chi connectivity index (χ4n) is 1.56. The predicted molar refractivity (Wildman–Crippen MR) is 97.9 cm³/mol. The molecule has 0 saturated carbocycles. The molecule has 0 amide bonds. The fourth-order valence-corrected chi connectivity index (χ4v) is 2.60. The van der Waals surface area contributed by atoms with E-state index in [1.807, 2.05) is 0 Å². The van der Waals surface area contributed by atoms with Crippen molar-refractivity contribution in [2.24, 2.45) is 0 Å². The molecule has 2 aromatic rings. The molecule has 0 fully saturated rings. The Morgan fingerprint density at radius 3 is 1.61 bits per heavy atom. The first-order valence-electron chi connectivity index (χ1n) is 5.84. The Morgan fingerprint density at radius 2 is 1.26 bits per heavy atom. The Bertz CT molecular complexity index is 667. The Labute approximate surface area is 165 Å². The summed E-state index contributed by atoms with van der Waals surface area (Å²) in [5.41, 5.74) is 0.590. The van der Waals surface area contributed by atoms with Crippen LogP contribution in [0.25, 0.3) is 11.4 Å². The van der Waals surface area contributed by atoms with Crippen LogP contribution in [0.15, 0.2) is 29.2 Å². The fraction of sp³-hybridized carbons (Fsp3) is 0.250. The second kappa shape index (κ2) is 7.26. The Kier molecular flexibility index (Phi) is 6.19. The minimum Gasteiger partial charge on any atom is -0.209 e. The molecular weight excluding hydrogens is 447 g/mol. The zero-order chi connectivity index (χ0) is 17.4. The molecule has 0 saturated heterocycles. The van der Waals surface area contributed by atoms with Gasteiger partial charge in [0.15, 0.2) is 33.5 Å². The number of benzene rings is 1. The maximum absolute atomic E-state index is 9.57. The van der Waals surface area contributed by atoms with Gasteiger partial charge in [0, 0.05) is 5.56 Å².